The van der Waals surface area contributed by atoms with E-state index < -0.39 is 17.8 Å². The number of benzene rings is 2. The number of carbonyl (C=O) groups excluding carboxylic acids is 3. The molecule has 0 radical (unpaired) electrons. The maximum absolute atomic E-state index is 13.0. The Kier molecular flexibility index (Phi) is 6.45. The summed E-state index contributed by atoms with van der Waals surface area (Å²) >= 11 is 13.0. The average molecular weight is 543 g/mol. The zero-order chi connectivity index (χ0) is 21.3. The van der Waals surface area contributed by atoms with Gasteiger partial charge < -0.3 is 4.74 Å². The molecule has 2 aromatic carbocycles. The summed E-state index contributed by atoms with van der Waals surface area (Å²) in [6.45, 7) is 4.15. The predicted molar refractivity (Wildman–Crippen MR) is 118 cm³/mol. The van der Waals surface area contributed by atoms with Crippen LogP contribution in [0.15, 0.2) is 44.9 Å². The summed E-state index contributed by atoms with van der Waals surface area (Å²) in [5.74, 6) is -0.893. The molecule has 29 heavy (non-hydrogen) atoms. The maximum atomic E-state index is 13.0. The normalized spacial score (nSPS) is 15.7. The Morgan fingerprint density at radius 3 is 2.38 bits per heavy atom. The molecule has 150 valence electrons. The van der Waals surface area contributed by atoms with Gasteiger partial charge in [0.05, 0.1) is 21.2 Å². The van der Waals surface area contributed by atoms with E-state index in [4.69, 9.17) is 16.3 Å². The number of ether oxygens (including phenoxy) is 1. The molecule has 2 aromatic rings. The third-order valence-corrected chi connectivity index (χ3v) is 5.72. The van der Waals surface area contributed by atoms with Gasteiger partial charge in [0.1, 0.15) is 11.3 Å². The smallest absolute Gasteiger partial charge is 0.335 e. The minimum Gasteiger partial charge on any atom is -0.492 e. The molecule has 0 bridgehead atoms. The van der Waals surface area contributed by atoms with E-state index in [1.807, 2.05) is 6.92 Å². The number of hydrogen-bond acceptors (Lipinski definition) is 4. The SMILES string of the molecule is CCOc1c(Br)cc(/C=C2/C(=O)NC(=O)N(c3ccc(C)c(Cl)c3)C2=O)cc1Br. The van der Waals surface area contributed by atoms with Crippen molar-refractivity contribution in [1.29, 1.82) is 0 Å². The molecule has 1 saturated heterocycles. The Bertz CT molecular complexity index is 1050. The lowest BCUT2D eigenvalue weighted by atomic mass is 10.1. The van der Waals surface area contributed by atoms with Crippen molar-refractivity contribution in [3.8, 4) is 5.75 Å². The second-order valence-electron chi connectivity index (χ2n) is 6.14. The molecule has 1 N–H and O–H groups in total. The standard InChI is InChI=1S/C20H15Br2ClN2O4/c1-3-29-17-14(21)7-11(8-15(17)22)6-13-18(26)24-20(28)25(19(13)27)12-5-4-10(2)16(23)9-12/h4-9H,3H2,1-2H3,(H,24,26,28)/b13-6-. The highest BCUT2D eigenvalue weighted by Crippen LogP contribution is 2.36. The first kappa shape index (κ1) is 21.5. The number of amides is 4. The molecule has 0 unspecified atom stereocenters. The lowest BCUT2D eigenvalue weighted by Crippen LogP contribution is -2.54. The van der Waals surface area contributed by atoms with Crippen molar-refractivity contribution < 1.29 is 19.1 Å². The molecule has 0 aliphatic carbocycles. The first-order valence-electron chi connectivity index (χ1n) is 8.52. The summed E-state index contributed by atoms with van der Waals surface area (Å²) in [5.41, 5.74) is 1.47. The molecule has 6 nitrogen and oxygen atoms in total. The van der Waals surface area contributed by atoms with Crippen LogP contribution < -0.4 is 15.0 Å². The van der Waals surface area contributed by atoms with Crippen LogP contribution in [0, 0.1) is 6.92 Å². The Morgan fingerprint density at radius 2 is 1.79 bits per heavy atom. The number of nitrogens with one attached hydrogen (secondary N) is 1. The molecule has 1 aliphatic rings. The number of imide groups is 2. The van der Waals surface area contributed by atoms with Gasteiger partial charge in [0.2, 0.25) is 0 Å². The molecule has 0 aromatic heterocycles. The zero-order valence-electron chi connectivity index (χ0n) is 15.4. The van der Waals surface area contributed by atoms with Crippen LogP contribution in [0.3, 0.4) is 0 Å². The first-order valence-corrected chi connectivity index (χ1v) is 10.5. The molecule has 1 heterocycles. The van der Waals surface area contributed by atoms with Crippen LogP contribution in [0.4, 0.5) is 10.5 Å². The highest BCUT2D eigenvalue weighted by atomic mass is 79.9. The number of aryl methyl sites for hydroxylation is 1. The number of rotatable bonds is 4. The molecular formula is C20H15Br2ClN2O4. The molecule has 0 atom stereocenters. The summed E-state index contributed by atoms with van der Waals surface area (Å²) in [6.07, 6.45) is 1.41. The molecule has 0 spiro atoms. The fourth-order valence-corrected chi connectivity index (χ4v) is 4.35. The Balaban J connectivity index is 2.02. The minimum atomic E-state index is -0.828. The van der Waals surface area contributed by atoms with E-state index in [-0.39, 0.29) is 11.3 Å². The quantitative estimate of drug-likeness (QED) is 0.424. The van der Waals surface area contributed by atoms with Crippen LogP contribution in [0.2, 0.25) is 5.02 Å². The van der Waals surface area contributed by atoms with Gasteiger partial charge >= 0.3 is 6.03 Å². The monoisotopic (exact) mass is 540 g/mol. The summed E-state index contributed by atoms with van der Waals surface area (Å²) < 4.78 is 6.85. The van der Waals surface area contributed by atoms with Crippen molar-refractivity contribution in [3.63, 3.8) is 0 Å². The number of anilines is 1. The van der Waals surface area contributed by atoms with E-state index in [0.29, 0.717) is 31.9 Å². The summed E-state index contributed by atoms with van der Waals surface area (Å²) in [7, 11) is 0. The molecule has 1 fully saturated rings. The number of halogens is 3. The van der Waals surface area contributed by atoms with Gasteiger partial charge in [-0.2, -0.15) is 0 Å². The molecule has 0 saturated carbocycles. The summed E-state index contributed by atoms with van der Waals surface area (Å²) in [6, 6.07) is 7.39. The highest BCUT2D eigenvalue weighted by Gasteiger charge is 2.37. The second kappa shape index (κ2) is 8.69. The maximum Gasteiger partial charge on any atom is 0.335 e. The molecule has 4 amide bonds. The van der Waals surface area contributed by atoms with Crippen LogP contribution in [0.5, 0.6) is 5.75 Å². The highest BCUT2D eigenvalue weighted by molar-refractivity contribution is 9.11. The number of barbiturate groups is 1. The van der Waals surface area contributed by atoms with E-state index in [0.717, 1.165) is 10.5 Å². The second-order valence-corrected chi connectivity index (χ2v) is 8.25. The fourth-order valence-electron chi connectivity index (χ4n) is 2.72. The number of hydrogen-bond donors (Lipinski definition) is 1. The number of carbonyl (C=O) groups is 3. The lowest BCUT2D eigenvalue weighted by molar-refractivity contribution is -0.122. The van der Waals surface area contributed by atoms with E-state index in [2.05, 4.69) is 37.2 Å². The number of nitrogens with zero attached hydrogens (tertiary/aromatic N) is 1. The zero-order valence-corrected chi connectivity index (χ0v) is 19.3. The van der Waals surface area contributed by atoms with Crippen molar-refractivity contribution in [1.82, 2.24) is 5.32 Å². The van der Waals surface area contributed by atoms with Gasteiger partial charge in [-0.1, -0.05) is 17.7 Å². The van der Waals surface area contributed by atoms with Crippen LogP contribution in [-0.4, -0.2) is 24.5 Å². The third kappa shape index (κ3) is 4.39. The third-order valence-electron chi connectivity index (χ3n) is 4.14. The van der Waals surface area contributed by atoms with E-state index in [1.165, 1.54) is 12.1 Å². The predicted octanol–water partition coefficient (Wildman–Crippen LogP) is 5.24. The van der Waals surface area contributed by atoms with Crippen molar-refractivity contribution in [3.05, 3.63) is 61.0 Å². The fraction of sp³-hybridized carbons (Fsp3) is 0.150. The van der Waals surface area contributed by atoms with Crippen molar-refractivity contribution in [2.24, 2.45) is 0 Å². The van der Waals surface area contributed by atoms with Crippen LogP contribution >= 0.6 is 43.5 Å². The molecule has 1 aliphatic heterocycles. The molecule has 3 rings (SSSR count). The van der Waals surface area contributed by atoms with Gasteiger partial charge in [0.15, 0.2) is 0 Å². The van der Waals surface area contributed by atoms with Gasteiger partial charge in [0.25, 0.3) is 11.8 Å². The van der Waals surface area contributed by atoms with Crippen LogP contribution in [0.1, 0.15) is 18.1 Å². The Labute approximate surface area is 189 Å². The van der Waals surface area contributed by atoms with Gasteiger partial charge in [0, 0.05) is 5.02 Å². The van der Waals surface area contributed by atoms with Crippen molar-refractivity contribution in [2.45, 2.75) is 13.8 Å². The number of urea groups is 1. The van der Waals surface area contributed by atoms with Crippen LogP contribution in [0.25, 0.3) is 6.08 Å². The minimum absolute atomic E-state index is 0.177. The summed E-state index contributed by atoms with van der Waals surface area (Å²) in [5, 5.41) is 2.60. The van der Waals surface area contributed by atoms with Crippen LogP contribution in [-0.2, 0) is 9.59 Å². The lowest BCUT2D eigenvalue weighted by Gasteiger charge is -2.26. The Hall–Kier alpha value is -2.16. The van der Waals surface area contributed by atoms with E-state index in [1.54, 1.807) is 31.2 Å². The first-order chi connectivity index (χ1) is 13.7. The average Bonchev–Trinajstić information content (AvgIpc) is 2.64. The topological polar surface area (TPSA) is 75.7 Å². The van der Waals surface area contributed by atoms with Gasteiger partial charge in [-0.05, 0) is 87.2 Å². The van der Waals surface area contributed by atoms with Gasteiger partial charge in [-0.3, -0.25) is 14.9 Å². The Morgan fingerprint density at radius 1 is 1.14 bits per heavy atom. The van der Waals surface area contributed by atoms with Crippen molar-refractivity contribution >= 4 is 73.1 Å². The van der Waals surface area contributed by atoms with Gasteiger partial charge in [-0.15, -0.1) is 0 Å². The molecule has 9 heteroatoms. The van der Waals surface area contributed by atoms with Crippen molar-refractivity contribution in [2.75, 3.05) is 11.5 Å². The largest absolute Gasteiger partial charge is 0.492 e. The van der Waals surface area contributed by atoms with E-state index in [9.17, 15) is 14.4 Å². The van der Waals surface area contributed by atoms with E-state index >= 15 is 0 Å². The summed E-state index contributed by atoms with van der Waals surface area (Å²) in [4.78, 5) is 38.5. The molecular weight excluding hydrogens is 527 g/mol. The van der Waals surface area contributed by atoms with Gasteiger partial charge in [-0.25, -0.2) is 9.69 Å².